The highest BCUT2D eigenvalue weighted by Gasteiger charge is 2.09. The largest absolute Gasteiger partial charge is 0.307 e. The fraction of sp³-hybridized carbons (Fsp3) is 0.286. The molecule has 4 nitrogen and oxygen atoms in total. The summed E-state index contributed by atoms with van der Waals surface area (Å²) in [6, 6.07) is 4.02. The number of hydrogen-bond acceptors (Lipinski definition) is 4. The molecule has 1 unspecified atom stereocenters. The highest BCUT2D eigenvalue weighted by Crippen LogP contribution is 2.16. The molecule has 0 aliphatic carbocycles. The monoisotopic (exact) mass is 305 g/mol. The highest BCUT2D eigenvalue weighted by atomic mass is 32.2. The highest BCUT2D eigenvalue weighted by molar-refractivity contribution is 7.83. The van der Waals surface area contributed by atoms with E-state index in [1.807, 2.05) is 49.0 Å². The summed E-state index contributed by atoms with van der Waals surface area (Å²) < 4.78 is 14.2. The molecular weight excluding hydrogens is 290 g/mol. The Labute approximate surface area is 124 Å². The Balaban J connectivity index is 1.75. The van der Waals surface area contributed by atoms with Crippen LogP contribution >= 0.6 is 11.3 Å². The molecule has 3 aromatic rings. The molecule has 0 spiro atoms. The summed E-state index contributed by atoms with van der Waals surface area (Å²) in [6.07, 6.45) is 5.73. The second kappa shape index (κ2) is 5.46. The Kier molecular flexibility index (Phi) is 3.67. The zero-order chi connectivity index (χ0) is 14.1. The van der Waals surface area contributed by atoms with E-state index in [2.05, 4.69) is 9.97 Å². The molecule has 6 heteroatoms. The lowest BCUT2D eigenvalue weighted by Crippen LogP contribution is -1.98. The van der Waals surface area contributed by atoms with Crippen molar-refractivity contribution in [3.63, 3.8) is 0 Å². The smallest absolute Gasteiger partial charge is 0.139 e. The maximum atomic E-state index is 12.2. The van der Waals surface area contributed by atoms with Crippen LogP contribution in [-0.2, 0) is 22.3 Å². The molecular formula is C14H15N3OS2. The quantitative estimate of drug-likeness (QED) is 0.744. The number of pyridine rings is 1. The summed E-state index contributed by atoms with van der Waals surface area (Å²) in [5.74, 6) is 1.04. The fourth-order valence-corrected chi connectivity index (χ4v) is 4.30. The number of aromatic nitrogens is 3. The molecule has 0 radical (unpaired) electrons. The first-order chi connectivity index (χ1) is 9.61. The lowest BCUT2D eigenvalue weighted by molar-refractivity contribution is 0.682. The molecule has 0 saturated heterocycles. The van der Waals surface area contributed by atoms with Gasteiger partial charge in [-0.2, -0.15) is 0 Å². The van der Waals surface area contributed by atoms with Crippen molar-refractivity contribution in [1.29, 1.82) is 0 Å². The summed E-state index contributed by atoms with van der Waals surface area (Å²) in [4.78, 5) is 9.81. The van der Waals surface area contributed by atoms with Crippen LogP contribution in [0.1, 0.15) is 21.1 Å². The second-order valence-corrected chi connectivity index (χ2v) is 7.50. The zero-order valence-electron chi connectivity index (χ0n) is 11.4. The van der Waals surface area contributed by atoms with Crippen molar-refractivity contribution in [2.75, 3.05) is 0 Å². The predicted molar refractivity (Wildman–Crippen MR) is 82.3 cm³/mol. The third kappa shape index (κ3) is 2.81. The van der Waals surface area contributed by atoms with E-state index in [1.54, 1.807) is 11.3 Å². The molecule has 104 valence electrons. The summed E-state index contributed by atoms with van der Waals surface area (Å²) >= 11 is 1.60. The van der Waals surface area contributed by atoms with Crippen LogP contribution in [0, 0.1) is 13.8 Å². The van der Waals surface area contributed by atoms with E-state index in [4.69, 9.17) is 0 Å². The van der Waals surface area contributed by atoms with E-state index in [0.717, 1.165) is 26.8 Å². The first-order valence-corrected chi connectivity index (χ1v) is 8.62. The molecule has 0 aliphatic rings. The molecule has 1 atom stereocenters. The molecule has 20 heavy (non-hydrogen) atoms. The molecule has 0 aromatic carbocycles. The molecule has 3 rings (SSSR count). The van der Waals surface area contributed by atoms with Gasteiger partial charge in [0.05, 0.1) is 22.2 Å². The average Bonchev–Trinajstić information content (AvgIpc) is 2.96. The molecule has 0 amide bonds. The Morgan fingerprint density at radius 3 is 2.90 bits per heavy atom. The maximum Gasteiger partial charge on any atom is 0.139 e. The number of imidazole rings is 1. The van der Waals surface area contributed by atoms with E-state index in [1.165, 1.54) is 0 Å². The van der Waals surface area contributed by atoms with Crippen LogP contribution in [0.25, 0.3) is 5.65 Å². The van der Waals surface area contributed by atoms with Gasteiger partial charge in [0.2, 0.25) is 0 Å². The average molecular weight is 305 g/mol. The van der Waals surface area contributed by atoms with Crippen LogP contribution in [0.5, 0.6) is 0 Å². The van der Waals surface area contributed by atoms with E-state index in [9.17, 15) is 4.21 Å². The van der Waals surface area contributed by atoms with Crippen LogP contribution in [0.3, 0.4) is 0 Å². The lowest BCUT2D eigenvalue weighted by Gasteiger charge is -1.96. The lowest BCUT2D eigenvalue weighted by atomic mass is 10.3. The van der Waals surface area contributed by atoms with E-state index < -0.39 is 10.8 Å². The molecule has 0 N–H and O–H groups in total. The van der Waals surface area contributed by atoms with Gasteiger partial charge in [0.15, 0.2) is 0 Å². The van der Waals surface area contributed by atoms with Gasteiger partial charge in [-0.15, -0.1) is 11.3 Å². The summed E-state index contributed by atoms with van der Waals surface area (Å²) in [5.41, 5.74) is 2.94. The topological polar surface area (TPSA) is 47.3 Å². The Morgan fingerprint density at radius 2 is 2.20 bits per heavy atom. The van der Waals surface area contributed by atoms with Gasteiger partial charge in [-0.05, 0) is 25.5 Å². The van der Waals surface area contributed by atoms with E-state index >= 15 is 0 Å². The molecule has 3 aromatic heterocycles. The minimum atomic E-state index is -0.947. The molecule has 0 bridgehead atoms. The molecule has 3 heterocycles. The summed E-state index contributed by atoms with van der Waals surface area (Å²) in [6.45, 7) is 3.99. The molecule has 0 fully saturated rings. The van der Waals surface area contributed by atoms with Crippen molar-refractivity contribution in [2.45, 2.75) is 25.4 Å². The van der Waals surface area contributed by atoms with Crippen molar-refractivity contribution in [3.05, 3.63) is 51.9 Å². The van der Waals surface area contributed by atoms with Crippen LogP contribution in [0.2, 0.25) is 0 Å². The van der Waals surface area contributed by atoms with Gasteiger partial charge < -0.3 is 4.40 Å². The number of nitrogens with zero attached hydrogens (tertiary/aromatic N) is 3. The van der Waals surface area contributed by atoms with Gasteiger partial charge in [0.25, 0.3) is 0 Å². The van der Waals surface area contributed by atoms with E-state index in [-0.39, 0.29) is 0 Å². The molecule has 0 aliphatic heterocycles. The van der Waals surface area contributed by atoms with Crippen molar-refractivity contribution in [2.24, 2.45) is 0 Å². The number of thiazole rings is 1. The zero-order valence-corrected chi connectivity index (χ0v) is 13.0. The third-order valence-electron chi connectivity index (χ3n) is 3.01. The first kappa shape index (κ1) is 13.5. The minimum Gasteiger partial charge on any atom is -0.307 e. The Bertz CT molecular complexity index is 776. The maximum absolute atomic E-state index is 12.2. The SMILES string of the molecule is Cc1ncc(CS(=O)Cc2cn3cccc(C)c3n2)s1. The minimum absolute atomic E-state index is 0.484. The van der Waals surface area contributed by atoms with Crippen molar-refractivity contribution in [1.82, 2.24) is 14.4 Å². The second-order valence-electron chi connectivity index (χ2n) is 4.73. The fourth-order valence-electron chi connectivity index (χ4n) is 2.12. The number of hydrogen-bond donors (Lipinski definition) is 0. The van der Waals surface area contributed by atoms with Gasteiger partial charge >= 0.3 is 0 Å². The van der Waals surface area contributed by atoms with Gasteiger partial charge in [-0.25, -0.2) is 9.97 Å². The van der Waals surface area contributed by atoms with Gasteiger partial charge in [-0.1, -0.05) is 6.07 Å². The summed E-state index contributed by atoms with van der Waals surface area (Å²) in [5, 5.41) is 1.01. The van der Waals surface area contributed by atoms with E-state index in [0.29, 0.717) is 11.5 Å². The summed E-state index contributed by atoms with van der Waals surface area (Å²) in [7, 11) is -0.947. The van der Waals surface area contributed by atoms with Crippen LogP contribution in [-0.4, -0.2) is 18.6 Å². The van der Waals surface area contributed by atoms with Crippen LogP contribution in [0.4, 0.5) is 0 Å². The number of rotatable bonds is 4. The Morgan fingerprint density at radius 1 is 1.35 bits per heavy atom. The Hall–Kier alpha value is -1.53. The van der Waals surface area contributed by atoms with Crippen LogP contribution < -0.4 is 0 Å². The van der Waals surface area contributed by atoms with Gasteiger partial charge in [0, 0.05) is 34.3 Å². The molecule has 0 saturated carbocycles. The standard InChI is InChI=1S/C14H15N3OS2/c1-10-4-3-5-17-7-12(16-14(10)17)8-20(18)9-13-6-15-11(2)19-13/h3-7H,8-9H2,1-2H3. The van der Waals surface area contributed by atoms with Crippen molar-refractivity contribution in [3.8, 4) is 0 Å². The third-order valence-corrected chi connectivity index (χ3v) is 5.36. The normalized spacial score (nSPS) is 12.9. The van der Waals surface area contributed by atoms with Crippen molar-refractivity contribution >= 4 is 27.8 Å². The van der Waals surface area contributed by atoms with Gasteiger partial charge in [-0.3, -0.25) is 4.21 Å². The van der Waals surface area contributed by atoms with Gasteiger partial charge in [0.1, 0.15) is 5.65 Å². The first-order valence-electron chi connectivity index (χ1n) is 6.31. The van der Waals surface area contributed by atoms with Crippen molar-refractivity contribution < 1.29 is 4.21 Å². The number of aryl methyl sites for hydroxylation is 2. The predicted octanol–water partition coefficient (Wildman–Crippen LogP) is 2.86. The van der Waals surface area contributed by atoms with Crippen LogP contribution in [0.15, 0.2) is 30.7 Å². The number of fused-ring (bicyclic) bond motifs is 1.